The molecule has 0 aromatic heterocycles. The van der Waals surface area contributed by atoms with Gasteiger partial charge in [0.05, 0.1) is 0 Å². The predicted molar refractivity (Wildman–Crippen MR) is 47.2 cm³/mol. The number of hydrogen-bond acceptors (Lipinski definition) is 3. The average Bonchev–Trinajstić information content (AvgIpc) is 1.86. The zero-order valence-corrected chi connectivity index (χ0v) is 7.80. The first-order chi connectivity index (χ1) is 5.02. The minimum atomic E-state index is -1.00. The van der Waals surface area contributed by atoms with Crippen molar-refractivity contribution < 1.29 is 5.11 Å². The zero-order valence-electron chi connectivity index (χ0n) is 7.80. The topological polar surface area (TPSA) is 49.5 Å². The molecule has 0 bridgehead atoms. The Kier molecular flexibility index (Phi) is 4.65. The highest BCUT2D eigenvalue weighted by molar-refractivity contribution is 4.73. The zero-order chi connectivity index (χ0) is 8.91. The quantitative estimate of drug-likeness (QED) is 0.572. The number of rotatable bonds is 5. The molecule has 0 fully saturated rings. The third-order valence-corrected chi connectivity index (χ3v) is 1.77. The third kappa shape index (κ3) is 5.18. The van der Waals surface area contributed by atoms with Crippen molar-refractivity contribution in [3.8, 4) is 0 Å². The largest absolute Gasteiger partial charge is 0.375 e. The second-order valence-electron chi connectivity index (χ2n) is 3.18. The summed E-state index contributed by atoms with van der Waals surface area (Å²) in [5, 5.41) is 9.55. The van der Waals surface area contributed by atoms with Gasteiger partial charge in [-0.05, 0) is 20.0 Å². The highest BCUT2D eigenvalue weighted by Gasteiger charge is 2.20. The molecule has 0 aliphatic rings. The van der Waals surface area contributed by atoms with E-state index in [1.807, 2.05) is 25.8 Å². The van der Waals surface area contributed by atoms with Gasteiger partial charge in [-0.1, -0.05) is 20.3 Å². The minimum Gasteiger partial charge on any atom is -0.375 e. The molecule has 68 valence electrons. The Balaban J connectivity index is 3.70. The van der Waals surface area contributed by atoms with Crippen molar-refractivity contribution in [2.45, 2.75) is 32.4 Å². The normalized spacial score (nSPS) is 16.9. The molecule has 0 spiro atoms. The SMILES string of the molecule is CCCC(N)(O)CN(C)CC. The van der Waals surface area contributed by atoms with Crippen molar-refractivity contribution in [3.63, 3.8) is 0 Å². The maximum absolute atomic E-state index is 9.55. The fourth-order valence-electron chi connectivity index (χ4n) is 1.09. The van der Waals surface area contributed by atoms with Crippen molar-refractivity contribution in [1.82, 2.24) is 4.90 Å². The molecule has 11 heavy (non-hydrogen) atoms. The summed E-state index contributed by atoms with van der Waals surface area (Å²) in [6, 6.07) is 0. The maximum Gasteiger partial charge on any atom is 0.126 e. The molecule has 1 atom stereocenters. The Morgan fingerprint density at radius 3 is 2.36 bits per heavy atom. The monoisotopic (exact) mass is 160 g/mol. The Hall–Kier alpha value is -0.120. The molecule has 3 heteroatoms. The highest BCUT2D eigenvalue weighted by Crippen LogP contribution is 2.06. The molecule has 0 radical (unpaired) electrons. The van der Waals surface area contributed by atoms with E-state index in [4.69, 9.17) is 5.73 Å². The Morgan fingerprint density at radius 2 is 2.00 bits per heavy atom. The van der Waals surface area contributed by atoms with Gasteiger partial charge in [-0.2, -0.15) is 0 Å². The first-order valence-corrected chi connectivity index (χ1v) is 4.21. The summed E-state index contributed by atoms with van der Waals surface area (Å²) in [4.78, 5) is 2.01. The number of nitrogens with zero attached hydrogens (tertiary/aromatic N) is 1. The van der Waals surface area contributed by atoms with Crippen LogP contribution in [-0.2, 0) is 0 Å². The van der Waals surface area contributed by atoms with Crippen LogP contribution in [0.25, 0.3) is 0 Å². The number of nitrogens with two attached hydrogens (primary N) is 1. The second-order valence-corrected chi connectivity index (χ2v) is 3.18. The van der Waals surface area contributed by atoms with E-state index in [-0.39, 0.29) is 0 Å². The molecule has 0 aromatic carbocycles. The van der Waals surface area contributed by atoms with Crippen LogP contribution in [-0.4, -0.2) is 35.9 Å². The van der Waals surface area contributed by atoms with Crippen molar-refractivity contribution >= 4 is 0 Å². The molecule has 1 unspecified atom stereocenters. The maximum atomic E-state index is 9.55. The van der Waals surface area contributed by atoms with Crippen molar-refractivity contribution in [2.75, 3.05) is 20.1 Å². The lowest BCUT2D eigenvalue weighted by Gasteiger charge is -2.27. The standard InChI is InChI=1S/C8H20N2O/c1-4-6-8(9,11)7-10(3)5-2/h11H,4-7,9H2,1-3H3. The molecule has 0 amide bonds. The molecule has 3 nitrogen and oxygen atoms in total. The lowest BCUT2D eigenvalue weighted by atomic mass is 10.1. The fraction of sp³-hybridized carbons (Fsp3) is 1.00. The lowest BCUT2D eigenvalue weighted by molar-refractivity contribution is 0.00860. The van der Waals surface area contributed by atoms with Crippen LogP contribution in [0.4, 0.5) is 0 Å². The summed E-state index contributed by atoms with van der Waals surface area (Å²) in [6.45, 7) is 5.53. The van der Waals surface area contributed by atoms with Gasteiger partial charge < -0.3 is 15.7 Å². The van der Waals surface area contributed by atoms with E-state index in [2.05, 4.69) is 0 Å². The van der Waals surface area contributed by atoms with Gasteiger partial charge >= 0.3 is 0 Å². The molecule has 0 aromatic rings. The summed E-state index contributed by atoms with van der Waals surface area (Å²) in [6.07, 6.45) is 1.59. The fourth-order valence-corrected chi connectivity index (χ4v) is 1.09. The molecule has 3 N–H and O–H groups in total. The van der Waals surface area contributed by atoms with Crippen LogP contribution in [0.1, 0.15) is 26.7 Å². The number of aliphatic hydroxyl groups is 1. The van der Waals surface area contributed by atoms with Crippen molar-refractivity contribution in [1.29, 1.82) is 0 Å². The number of likely N-dealkylation sites (N-methyl/N-ethyl adjacent to an activating group) is 1. The first kappa shape index (κ1) is 10.9. The van der Waals surface area contributed by atoms with Gasteiger partial charge in [-0.15, -0.1) is 0 Å². The molecule has 0 heterocycles. The Labute approximate surface area is 69.2 Å². The summed E-state index contributed by atoms with van der Waals surface area (Å²) in [5.74, 6) is 0. The second kappa shape index (κ2) is 4.70. The third-order valence-electron chi connectivity index (χ3n) is 1.77. The molecular weight excluding hydrogens is 140 g/mol. The van der Waals surface area contributed by atoms with Gasteiger partial charge in [0, 0.05) is 6.54 Å². The van der Waals surface area contributed by atoms with Crippen LogP contribution in [0.3, 0.4) is 0 Å². The van der Waals surface area contributed by atoms with E-state index in [1.54, 1.807) is 0 Å². The van der Waals surface area contributed by atoms with Crippen LogP contribution < -0.4 is 5.73 Å². The molecule has 0 aliphatic carbocycles. The average molecular weight is 160 g/mol. The van der Waals surface area contributed by atoms with E-state index in [9.17, 15) is 5.11 Å². The van der Waals surface area contributed by atoms with Crippen LogP contribution in [0.5, 0.6) is 0 Å². The summed E-state index contributed by atoms with van der Waals surface area (Å²) in [7, 11) is 1.95. The number of hydrogen-bond donors (Lipinski definition) is 2. The van der Waals surface area contributed by atoms with Gasteiger partial charge in [-0.25, -0.2) is 0 Å². The lowest BCUT2D eigenvalue weighted by Crippen LogP contribution is -2.49. The highest BCUT2D eigenvalue weighted by atomic mass is 16.3. The molecule has 0 aliphatic heterocycles. The van der Waals surface area contributed by atoms with Crippen molar-refractivity contribution in [2.24, 2.45) is 5.73 Å². The first-order valence-electron chi connectivity index (χ1n) is 4.21. The van der Waals surface area contributed by atoms with E-state index in [0.29, 0.717) is 13.0 Å². The van der Waals surface area contributed by atoms with Gasteiger partial charge in [0.15, 0.2) is 0 Å². The van der Waals surface area contributed by atoms with Crippen molar-refractivity contribution in [3.05, 3.63) is 0 Å². The predicted octanol–water partition coefficient (Wildman–Crippen LogP) is 0.386. The summed E-state index contributed by atoms with van der Waals surface area (Å²) < 4.78 is 0. The summed E-state index contributed by atoms with van der Waals surface area (Å²) >= 11 is 0. The van der Waals surface area contributed by atoms with Crippen LogP contribution in [0, 0.1) is 0 Å². The molecular formula is C8H20N2O. The molecule has 0 saturated carbocycles. The van der Waals surface area contributed by atoms with Gasteiger partial charge in [-0.3, -0.25) is 0 Å². The van der Waals surface area contributed by atoms with Crippen LogP contribution >= 0.6 is 0 Å². The van der Waals surface area contributed by atoms with Crippen LogP contribution in [0.15, 0.2) is 0 Å². The van der Waals surface area contributed by atoms with Gasteiger partial charge in [0.2, 0.25) is 0 Å². The van der Waals surface area contributed by atoms with Gasteiger partial charge in [0.25, 0.3) is 0 Å². The smallest absolute Gasteiger partial charge is 0.126 e. The van der Waals surface area contributed by atoms with E-state index in [0.717, 1.165) is 13.0 Å². The van der Waals surface area contributed by atoms with E-state index < -0.39 is 5.72 Å². The molecule has 0 saturated heterocycles. The Morgan fingerprint density at radius 1 is 1.45 bits per heavy atom. The van der Waals surface area contributed by atoms with E-state index >= 15 is 0 Å². The van der Waals surface area contributed by atoms with Gasteiger partial charge in [0.1, 0.15) is 5.72 Å². The van der Waals surface area contributed by atoms with E-state index in [1.165, 1.54) is 0 Å². The Bertz CT molecular complexity index is 104. The summed E-state index contributed by atoms with van der Waals surface area (Å²) in [5.41, 5.74) is 4.62. The molecule has 0 rings (SSSR count). The van der Waals surface area contributed by atoms with Crippen LogP contribution in [0.2, 0.25) is 0 Å². The minimum absolute atomic E-state index is 0.553.